The van der Waals surface area contributed by atoms with Gasteiger partial charge in [-0.25, -0.2) is 4.98 Å². The summed E-state index contributed by atoms with van der Waals surface area (Å²) in [6, 6.07) is 9.33. The lowest BCUT2D eigenvalue weighted by Gasteiger charge is -2.03. The second kappa shape index (κ2) is 4.65. The van der Waals surface area contributed by atoms with Crippen LogP contribution in [0.1, 0.15) is 10.5 Å². The molecule has 20 heavy (non-hydrogen) atoms. The van der Waals surface area contributed by atoms with E-state index in [1.165, 1.54) is 0 Å². The van der Waals surface area contributed by atoms with Crippen LogP contribution in [0, 0.1) is 0 Å². The molecule has 3 rings (SSSR count). The van der Waals surface area contributed by atoms with Gasteiger partial charge >= 0.3 is 0 Å². The molecule has 100 valence electrons. The number of amides is 1. The fourth-order valence-corrected chi connectivity index (χ4v) is 2.05. The number of nitrogens with one attached hydrogen (secondary N) is 1. The van der Waals surface area contributed by atoms with Gasteiger partial charge in [0.2, 0.25) is 5.88 Å². The van der Waals surface area contributed by atoms with Gasteiger partial charge in [-0.2, -0.15) is 5.10 Å². The Bertz CT molecular complexity index is 777. The second-order valence-corrected chi connectivity index (χ2v) is 4.29. The van der Waals surface area contributed by atoms with E-state index in [9.17, 15) is 4.79 Å². The van der Waals surface area contributed by atoms with Gasteiger partial charge in [-0.15, -0.1) is 0 Å². The molecule has 2 aromatic heterocycles. The Kier molecular flexibility index (Phi) is 2.83. The Hall–Kier alpha value is -2.89. The summed E-state index contributed by atoms with van der Waals surface area (Å²) >= 11 is 0. The Morgan fingerprint density at radius 3 is 2.70 bits per heavy atom. The van der Waals surface area contributed by atoms with E-state index in [-0.39, 0.29) is 5.69 Å². The fourth-order valence-electron chi connectivity index (χ4n) is 2.05. The molecule has 3 N–H and O–H groups in total. The first-order chi connectivity index (χ1) is 9.69. The maximum absolute atomic E-state index is 11.3. The van der Waals surface area contributed by atoms with Crippen molar-refractivity contribution in [1.29, 1.82) is 0 Å². The summed E-state index contributed by atoms with van der Waals surface area (Å²) < 4.78 is 5.03. The summed E-state index contributed by atoms with van der Waals surface area (Å²) in [5.74, 6) is -0.00257. The number of hydrogen-bond acceptors (Lipinski definition) is 4. The van der Waals surface area contributed by atoms with E-state index in [4.69, 9.17) is 10.5 Å². The number of aromatic nitrogens is 3. The summed E-state index contributed by atoms with van der Waals surface area (Å²) in [7, 11) is 1.57. The Morgan fingerprint density at radius 2 is 2.05 bits per heavy atom. The predicted octanol–water partition coefficient (Wildman–Crippen LogP) is 1.73. The molecule has 0 unspecified atom stereocenters. The van der Waals surface area contributed by atoms with Gasteiger partial charge in [0.1, 0.15) is 0 Å². The number of ether oxygens (including phenoxy) is 1. The SMILES string of the molecule is COc1ccc(-c2ccc3[nH]nc(C(N)=O)c3c2)cn1. The van der Waals surface area contributed by atoms with Crippen LogP contribution in [-0.4, -0.2) is 28.2 Å². The van der Waals surface area contributed by atoms with Gasteiger partial charge in [0.05, 0.1) is 12.6 Å². The summed E-state index contributed by atoms with van der Waals surface area (Å²) in [5.41, 5.74) is 8.16. The van der Waals surface area contributed by atoms with Crippen LogP contribution in [0.25, 0.3) is 22.0 Å². The Labute approximate surface area is 114 Å². The molecule has 0 radical (unpaired) electrons. The molecule has 1 amide bonds. The zero-order valence-electron chi connectivity index (χ0n) is 10.8. The van der Waals surface area contributed by atoms with Crippen LogP contribution >= 0.6 is 0 Å². The van der Waals surface area contributed by atoms with Gasteiger partial charge < -0.3 is 10.5 Å². The number of nitrogens with zero attached hydrogens (tertiary/aromatic N) is 2. The van der Waals surface area contributed by atoms with Crippen molar-refractivity contribution < 1.29 is 9.53 Å². The van der Waals surface area contributed by atoms with Crippen molar-refractivity contribution in [2.75, 3.05) is 7.11 Å². The quantitative estimate of drug-likeness (QED) is 0.756. The van der Waals surface area contributed by atoms with Gasteiger partial charge in [0.25, 0.3) is 5.91 Å². The van der Waals surface area contributed by atoms with Gasteiger partial charge in [-0.05, 0) is 23.8 Å². The number of fused-ring (bicyclic) bond motifs is 1. The lowest BCUT2D eigenvalue weighted by atomic mass is 10.0. The van der Waals surface area contributed by atoms with E-state index in [0.29, 0.717) is 11.3 Å². The Balaban J connectivity index is 2.11. The third-order valence-corrected chi connectivity index (χ3v) is 3.08. The van der Waals surface area contributed by atoms with E-state index >= 15 is 0 Å². The number of aromatic amines is 1. The summed E-state index contributed by atoms with van der Waals surface area (Å²) in [6.07, 6.45) is 1.71. The molecule has 6 heteroatoms. The van der Waals surface area contributed by atoms with E-state index in [0.717, 1.165) is 16.6 Å². The Morgan fingerprint density at radius 1 is 1.25 bits per heavy atom. The molecule has 0 saturated carbocycles. The van der Waals surface area contributed by atoms with E-state index in [2.05, 4.69) is 15.2 Å². The minimum absolute atomic E-state index is 0.239. The number of nitrogens with two attached hydrogens (primary N) is 1. The molecule has 0 spiro atoms. The third-order valence-electron chi connectivity index (χ3n) is 3.08. The van der Waals surface area contributed by atoms with Crippen LogP contribution in [0.4, 0.5) is 0 Å². The molecular formula is C14H12N4O2. The molecule has 0 aliphatic rings. The molecule has 0 saturated heterocycles. The highest BCUT2D eigenvalue weighted by Crippen LogP contribution is 2.25. The van der Waals surface area contributed by atoms with Gasteiger partial charge in [-0.3, -0.25) is 9.89 Å². The first-order valence-electron chi connectivity index (χ1n) is 5.97. The second-order valence-electron chi connectivity index (χ2n) is 4.29. The first kappa shape index (κ1) is 12.2. The van der Waals surface area contributed by atoms with Crippen molar-refractivity contribution in [2.24, 2.45) is 5.73 Å². The molecule has 0 fully saturated rings. The average Bonchev–Trinajstić information content (AvgIpc) is 2.90. The topological polar surface area (TPSA) is 93.9 Å². The number of primary amides is 1. The summed E-state index contributed by atoms with van der Waals surface area (Å²) in [6.45, 7) is 0. The van der Waals surface area contributed by atoms with E-state index < -0.39 is 5.91 Å². The number of carbonyl (C=O) groups is 1. The number of rotatable bonds is 3. The number of pyridine rings is 1. The molecule has 0 aliphatic heterocycles. The molecular weight excluding hydrogens is 256 g/mol. The van der Waals surface area contributed by atoms with Crippen molar-refractivity contribution in [3.8, 4) is 17.0 Å². The van der Waals surface area contributed by atoms with Crippen LogP contribution in [0.3, 0.4) is 0 Å². The highest BCUT2D eigenvalue weighted by atomic mass is 16.5. The molecule has 1 aromatic carbocycles. The van der Waals surface area contributed by atoms with Crippen molar-refractivity contribution in [1.82, 2.24) is 15.2 Å². The minimum Gasteiger partial charge on any atom is -0.481 e. The van der Waals surface area contributed by atoms with Crippen LogP contribution in [0.2, 0.25) is 0 Å². The number of H-pyrrole nitrogens is 1. The lowest BCUT2D eigenvalue weighted by molar-refractivity contribution is 0.0997. The number of methoxy groups -OCH3 is 1. The zero-order valence-corrected chi connectivity index (χ0v) is 10.8. The maximum atomic E-state index is 11.3. The molecule has 6 nitrogen and oxygen atoms in total. The predicted molar refractivity (Wildman–Crippen MR) is 74.4 cm³/mol. The minimum atomic E-state index is -0.554. The van der Waals surface area contributed by atoms with Gasteiger partial charge in [0.15, 0.2) is 5.69 Å². The summed E-state index contributed by atoms with van der Waals surface area (Å²) in [5, 5.41) is 7.40. The maximum Gasteiger partial charge on any atom is 0.269 e. The van der Waals surface area contributed by atoms with E-state index in [1.807, 2.05) is 24.3 Å². The highest BCUT2D eigenvalue weighted by molar-refractivity contribution is 6.04. The van der Waals surface area contributed by atoms with Crippen LogP contribution in [0.5, 0.6) is 5.88 Å². The van der Waals surface area contributed by atoms with E-state index in [1.54, 1.807) is 19.4 Å². The van der Waals surface area contributed by atoms with Crippen LogP contribution in [-0.2, 0) is 0 Å². The van der Waals surface area contributed by atoms with Crippen molar-refractivity contribution in [2.45, 2.75) is 0 Å². The molecule has 0 atom stereocenters. The summed E-state index contributed by atoms with van der Waals surface area (Å²) in [4.78, 5) is 15.5. The van der Waals surface area contributed by atoms with Gasteiger partial charge in [-0.1, -0.05) is 6.07 Å². The number of carbonyl (C=O) groups excluding carboxylic acids is 1. The zero-order chi connectivity index (χ0) is 14.1. The molecule has 2 heterocycles. The van der Waals surface area contributed by atoms with Crippen LogP contribution in [0.15, 0.2) is 36.5 Å². The fraction of sp³-hybridized carbons (Fsp3) is 0.0714. The number of benzene rings is 1. The van der Waals surface area contributed by atoms with Crippen molar-refractivity contribution >= 4 is 16.8 Å². The molecule has 0 bridgehead atoms. The molecule has 0 aliphatic carbocycles. The average molecular weight is 268 g/mol. The number of hydrogen-bond donors (Lipinski definition) is 2. The van der Waals surface area contributed by atoms with Gasteiger partial charge in [0, 0.05) is 23.2 Å². The highest BCUT2D eigenvalue weighted by Gasteiger charge is 2.11. The van der Waals surface area contributed by atoms with Crippen molar-refractivity contribution in [3.05, 3.63) is 42.2 Å². The van der Waals surface area contributed by atoms with Crippen molar-refractivity contribution in [3.63, 3.8) is 0 Å². The standard InChI is InChI=1S/C14H12N4O2/c1-20-12-5-3-9(7-16-12)8-2-4-11-10(6-8)13(14(15)19)18-17-11/h2-7H,1H3,(H2,15,19)(H,17,18). The first-order valence-corrected chi connectivity index (χ1v) is 5.97. The largest absolute Gasteiger partial charge is 0.481 e. The third kappa shape index (κ3) is 1.97. The molecule has 3 aromatic rings. The monoisotopic (exact) mass is 268 g/mol. The van der Waals surface area contributed by atoms with Crippen LogP contribution < -0.4 is 10.5 Å². The lowest BCUT2D eigenvalue weighted by Crippen LogP contribution is -2.11. The normalized spacial score (nSPS) is 10.7. The smallest absolute Gasteiger partial charge is 0.269 e.